The molecule has 2 heterocycles. The molecule has 1 saturated carbocycles. The first-order valence-corrected chi connectivity index (χ1v) is 12.9. The van der Waals surface area contributed by atoms with Crippen LogP contribution >= 0.6 is 0 Å². The molecule has 2 saturated heterocycles. The van der Waals surface area contributed by atoms with Crippen molar-refractivity contribution in [2.75, 3.05) is 0 Å². The monoisotopic (exact) mass is 489 g/mol. The first kappa shape index (κ1) is 24.3. The van der Waals surface area contributed by atoms with Gasteiger partial charge in [-0.1, -0.05) is 60.2 Å². The van der Waals surface area contributed by atoms with Crippen LogP contribution in [0, 0.1) is 18.8 Å². The predicted octanol–water partition coefficient (Wildman–Crippen LogP) is 3.37. The van der Waals surface area contributed by atoms with E-state index in [1.54, 1.807) is 9.91 Å². The Balaban J connectivity index is 1.43. The highest BCUT2D eigenvalue weighted by molar-refractivity contribution is 5.87. The van der Waals surface area contributed by atoms with Gasteiger partial charge in [0.05, 0.1) is 12.5 Å². The molecule has 36 heavy (non-hydrogen) atoms. The van der Waals surface area contributed by atoms with Gasteiger partial charge in [0.1, 0.15) is 0 Å². The van der Waals surface area contributed by atoms with Gasteiger partial charge in [-0.05, 0) is 51.2 Å². The van der Waals surface area contributed by atoms with E-state index in [2.05, 4.69) is 10.7 Å². The van der Waals surface area contributed by atoms with Crippen LogP contribution in [0.5, 0.6) is 0 Å². The molecule has 1 aliphatic carbocycles. The normalized spacial score (nSPS) is 25.7. The van der Waals surface area contributed by atoms with Gasteiger partial charge in [-0.3, -0.25) is 19.5 Å². The Morgan fingerprint density at radius 2 is 1.69 bits per heavy atom. The largest absolute Gasteiger partial charge is 0.354 e. The van der Waals surface area contributed by atoms with Gasteiger partial charge in [-0.25, -0.2) is 4.79 Å². The fourth-order valence-corrected chi connectivity index (χ4v) is 5.69. The van der Waals surface area contributed by atoms with Crippen LogP contribution in [0.2, 0.25) is 0 Å². The molecule has 5 rings (SSSR count). The Morgan fingerprint density at radius 1 is 1.00 bits per heavy atom. The molecule has 8 nitrogen and oxygen atoms in total. The van der Waals surface area contributed by atoms with E-state index >= 15 is 0 Å². The number of urea groups is 1. The average Bonchev–Trinajstić information content (AvgIpc) is 3.18. The van der Waals surface area contributed by atoms with Crippen molar-refractivity contribution in [3.05, 3.63) is 71.3 Å². The number of benzene rings is 2. The van der Waals surface area contributed by atoms with E-state index in [-0.39, 0.29) is 41.8 Å². The highest BCUT2D eigenvalue weighted by Crippen LogP contribution is 2.41. The van der Waals surface area contributed by atoms with Crippen LogP contribution in [0.3, 0.4) is 0 Å². The standard InChI is InChI=1S/C28H35N5O3/c1-18(2)29-25(34)22-13-14-23-24(15-22)33-27(31(26(23)35)16-20-7-5-4-6-8-20)30-32(28(33)36)17-21-11-9-19(3)10-12-21/h4-12,18,22-24,27,30H,13-17H2,1-3H3,(H,29,34). The number of amides is 4. The Morgan fingerprint density at radius 3 is 2.39 bits per heavy atom. The van der Waals surface area contributed by atoms with Crippen molar-refractivity contribution in [1.82, 2.24) is 25.6 Å². The van der Waals surface area contributed by atoms with Crippen molar-refractivity contribution >= 4 is 17.8 Å². The third-order valence-corrected chi connectivity index (χ3v) is 7.51. The third kappa shape index (κ3) is 4.69. The Labute approximate surface area is 212 Å². The van der Waals surface area contributed by atoms with Crippen LogP contribution in [-0.2, 0) is 22.7 Å². The molecule has 4 amide bonds. The molecule has 2 N–H and O–H groups in total. The smallest absolute Gasteiger partial charge is 0.337 e. The van der Waals surface area contributed by atoms with Gasteiger partial charge >= 0.3 is 6.03 Å². The lowest BCUT2D eigenvalue weighted by molar-refractivity contribution is -0.159. The molecule has 0 aromatic heterocycles. The zero-order valence-electron chi connectivity index (χ0n) is 21.2. The summed E-state index contributed by atoms with van der Waals surface area (Å²) in [6.45, 7) is 6.74. The molecule has 3 aliphatic rings. The van der Waals surface area contributed by atoms with E-state index in [1.165, 1.54) is 0 Å². The molecule has 2 aliphatic heterocycles. The number of hydrazine groups is 1. The minimum atomic E-state index is -0.580. The number of nitrogens with one attached hydrogen (secondary N) is 2. The van der Waals surface area contributed by atoms with E-state index in [4.69, 9.17) is 0 Å². The molecule has 0 radical (unpaired) electrons. The van der Waals surface area contributed by atoms with Crippen LogP contribution in [-0.4, -0.2) is 51.0 Å². The molecule has 0 spiro atoms. The maximum Gasteiger partial charge on any atom is 0.337 e. The maximum atomic E-state index is 13.8. The van der Waals surface area contributed by atoms with Crippen molar-refractivity contribution < 1.29 is 14.4 Å². The molecular weight excluding hydrogens is 454 g/mol. The Hall–Kier alpha value is -3.39. The first-order valence-electron chi connectivity index (χ1n) is 12.9. The summed E-state index contributed by atoms with van der Waals surface area (Å²) in [5, 5.41) is 4.63. The van der Waals surface area contributed by atoms with Gasteiger partial charge in [-0.2, -0.15) is 5.43 Å². The third-order valence-electron chi connectivity index (χ3n) is 7.51. The van der Waals surface area contributed by atoms with Gasteiger partial charge in [0.2, 0.25) is 11.8 Å². The predicted molar refractivity (Wildman–Crippen MR) is 136 cm³/mol. The number of carbonyl (C=O) groups excluding carboxylic acids is 3. The summed E-state index contributed by atoms with van der Waals surface area (Å²) in [5.74, 6) is -0.458. The maximum absolute atomic E-state index is 13.8. The molecule has 3 fully saturated rings. The fourth-order valence-electron chi connectivity index (χ4n) is 5.69. The summed E-state index contributed by atoms with van der Waals surface area (Å²) in [6.07, 6.45) is 1.16. The molecular formula is C28H35N5O3. The molecule has 190 valence electrons. The van der Waals surface area contributed by atoms with E-state index in [1.807, 2.05) is 80.3 Å². The highest BCUT2D eigenvalue weighted by atomic mass is 16.2. The summed E-state index contributed by atoms with van der Waals surface area (Å²) < 4.78 is 0. The van der Waals surface area contributed by atoms with Gasteiger partial charge in [0.25, 0.3) is 0 Å². The van der Waals surface area contributed by atoms with Gasteiger partial charge in [0, 0.05) is 24.5 Å². The summed E-state index contributed by atoms with van der Waals surface area (Å²) >= 11 is 0. The average molecular weight is 490 g/mol. The van der Waals surface area contributed by atoms with Crippen LogP contribution in [0.1, 0.15) is 49.8 Å². The van der Waals surface area contributed by atoms with E-state index in [0.29, 0.717) is 32.4 Å². The number of aryl methyl sites for hydroxylation is 1. The molecule has 0 bridgehead atoms. The lowest BCUT2D eigenvalue weighted by atomic mass is 9.75. The topological polar surface area (TPSA) is 85.0 Å². The minimum Gasteiger partial charge on any atom is -0.354 e. The number of hydrogen-bond donors (Lipinski definition) is 2. The van der Waals surface area contributed by atoms with Crippen molar-refractivity contribution in [1.29, 1.82) is 0 Å². The summed E-state index contributed by atoms with van der Waals surface area (Å²) in [4.78, 5) is 44.0. The first-order chi connectivity index (χ1) is 17.3. The van der Waals surface area contributed by atoms with E-state index in [9.17, 15) is 14.4 Å². The molecule has 2 aromatic carbocycles. The number of hydrogen-bond acceptors (Lipinski definition) is 4. The molecule has 2 aromatic rings. The van der Waals surface area contributed by atoms with Gasteiger partial charge < -0.3 is 10.2 Å². The highest BCUT2D eigenvalue weighted by Gasteiger charge is 2.56. The number of fused-ring (bicyclic) bond motifs is 3. The molecule has 4 atom stereocenters. The van der Waals surface area contributed by atoms with Gasteiger partial charge in [0.15, 0.2) is 6.29 Å². The van der Waals surface area contributed by atoms with Crippen molar-refractivity contribution in [2.24, 2.45) is 11.8 Å². The fraction of sp³-hybridized carbons (Fsp3) is 0.464. The minimum absolute atomic E-state index is 0.00952. The van der Waals surface area contributed by atoms with Crippen LogP contribution in [0.4, 0.5) is 4.79 Å². The summed E-state index contributed by atoms with van der Waals surface area (Å²) in [5.41, 5.74) is 6.51. The van der Waals surface area contributed by atoms with Crippen molar-refractivity contribution in [3.63, 3.8) is 0 Å². The Kier molecular flexibility index (Phi) is 6.71. The molecule has 8 heteroatoms. The summed E-state index contributed by atoms with van der Waals surface area (Å²) in [6, 6.07) is 17.6. The SMILES string of the molecule is Cc1ccc(CN2NC3N(Cc4ccccc4)C(=O)C4CCC(C(=O)NC(C)C)CC4N3C2=O)cc1. The van der Waals surface area contributed by atoms with Gasteiger partial charge in [-0.15, -0.1) is 0 Å². The second-order valence-corrected chi connectivity index (χ2v) is 10.6. The molecule has 4 unspecified atom stereocenters. The zero-order chi connectivity index (χ0) is 25.4. The number of carbonyl (C=O) groups is 3. The summed E-state index contributed by atoms with van der Waals surface area (Å²) in [7, 11) is 0. The van der Waals surface area contributed by atoms with Crippen molar-refractivity contribution in [2.45, 2.75) is 71.5 Å². The lowest BCUT2D eigenvalue weighted by Crippen LogP contribution is -2.66. The second kappa shape index (κ2) is 9.93. The number of rotatable bonds is 6. The van der Waals surface area contributed by atoms with E-state index in [0.717, 1.165) is 16.7 Å². The van der Waals surface area contributed by atoms with Crippen LogP contribution in [0.25, 0.3) is 0 Å². The van der Waals surface area contributed by atoms with Crippen molar-refractivity contribution in [3.8, 4) is 0 Å². The van der Waals surface area contributed by atoms with Crippen LogP contribution in [0.15, 0.2) is 54.6 Å². The second-order valence-electron chi connectivity index (χ2n) is 10.6. The lowest BCUT2D eigenvalue weighted by Gasteiger charge is -2.49. The van der Waals surface area contributed by atoms with Crippen LogP contribution < -0.4 is 10.7 Å². The Bertz CT molecular complexity index is 1120. The quantitative estimate of drug-likeness (QED) is 0.652. The van der Waals surface area contributed by atoms with E-state index < -0.39 is 6.29 Å². The zero-order valence-corrected chi connectivity index (χ0v) is 21.2. The number of nitrogens with zero attached hydrogens (tertiary/aromatic N) is 3.